The molecule has 7 heteroatoms. The molecule has 0 N–H and O–H groups in total. The minimum absolute atomic E-state index is 0.674. The van der Waals surface area contributed by atoms with E-state index in [1.807, 2.05) is 74.5 Å². The Hall–Kier alpha value is -1.67. The molecule has 1 unspecified atom stereocenters. The molecule has 2 aromatic carbocycles. The number of anilines is 1. The van der Waals surface area contributed by atoms with Crippen LogP contribution < -0.4 is 18.9 Å². The van der Waals surface area contributed by atoms with Gasteiger partial charge in [0.25, 0.3) is 0 Å². The summed E-state index contributed by atoms with van der Waals surface area (Å²) in [5.41, 5.74) is 3.73. The summed E-state index contributed by atoms with van der Waals surface area (Å²) in [5, 5.41) is 0. The van der Waals surface area contributed by atoms with Crippen molar-refractivity contribution in [3.8, 4) is 0 Å². The van der Waals surface area contributed by atoms with Crippen molar-refractivity contribution in [1.82, 2.24) is 0 Å². The van der Waals surface area contributed by atoms with Crippen LogP contribution in [0, 0.1) is 10.2 Å². The van der Waals surface area contributed by atoms with E-state index >= 15 is 0 Å². The molecule has 132 valence electrons. The number of rotatable bonds is 4. The molecule has 0 saturated heterocycles. The maximum Gasteiger partial charge on any atom is 0.148 e. The highest BCUT2D eigenvalue weighted by atomic mass is 35.7. The Labute approximate surface area is 151 Å². The number of nitrogens with zero attached hydrogens (tertiary/aromatic N) is 1. The molecule has 2 aromatic rings. The monoisotopic (exact) mass is 379 g/mol. The molecule has 0 aliphatic carbocycles. The highest BCUT2D eigenvalue weighted by Crippen LogP contribution is 2.42. The van der Waals surface area contributed by atoms with Gasteiger partial charge in [-0.15, -0.1) is 0 Å². The summed E-state index contributed by atoms with van der Waals surface area (Å²) in [4.78, 5) is 3.34. The van der Waals surface area contributed by atoms with E-state index in [-0.39, 0.29) is 0 Å². The van der Waals surface area contributed by atoms with E-state index in [4.69, 9.17) is 3.74 Å². The van der Waals surface area contributed by atoms with Gasteiger partial charge < -0.3 is 4.90 Å². The number of hydrogen-bond acceptors (Lipinski definition) is 5. The van der Waals surface area contributed by atoms with E-state index in [1.54, 1.807) is 6.07 Å². The molecule has 1 aliphatic heterocycles. The Morgan fingerprint density at radius 1 is 0.960 bits per heavy atom. The van der Waals surface area contributed by atoms with Crippen molar-refractivity contribution in [2.75, 3.05) is 19.0 Å². The van der Waals surface area contributed by atoms with Gasteiger partial charge in [0.15, 0.2) is 0 Å². The zero-order chi connectivity index (χ0) is 18.2. The standard InChI is InChI=1S/C18H18ClNO4S/c1-13-12-18(14-8-10-15(11-9-14)20(2)3)25(24-19(21,22)23)17-7-5-4-6-16(13)17/h4-12H,1-3H3. The van der Waals surface area contributed by atoms with Crippen molar-refractivity contribution in [2.24, 2.45) is 0 Å². The van der Waals surface area contributed by atoms with Gasteiger partial charge in [-0.3, -0.25) is 0 Å². The second-order valence-electron chi connectivity index (χ2n) is 5.84. The summed E-state index contributed by atoms with van der Waals surface area (Å²) in [5.74, 6) is 0. The van der Waals surface area contributed by atoms with Crippen LogP contribution >= 0.6 is 10.8 Å². The van der Waals surface area contributed by atoms with Crippen LogP contribution in [0.15, 0.2) is 59.5 Å². The number of halogens is 1. The summed E-state index contributed by atoms with van der Waals surface area (Å²) in [7, 11) is -1.96. The van der Waals surface area contributed by atoms with Gasteiger partial charge in [0, 0.05) is 19.8 Å². The van der Waals surface area contributed by atoms with E-state index in [0.29, 0.717) is 9.76 Å². The molecule has 0 fully saturated rings. The Morgan fingerprint density at radius 3 is 2.20 bits per heavy atom. The fraction of sp³-hybridized carbons (Fsp3) is 0.167. The second-order valence-corrected chi connectivity index (χ2v) is 8.52. The lowest BCUT2D eigenvalue weighted by Gasteiger charge is -2.22. The van der Waals surface area contributed by atoms with Crippen LogP contribution in [0.4, 0.5) is 5.69 Å². The minimum atomic E-state index is -4.55. The van der Waals surface area contributed by atoms with Gasteiger partial charge in [0.05, 0.1) is 20.0 Å². The third kappa shape index (κ3) is 3.95. The summed E-state index contributed by atoms with van der Waals surface area (Å²) < 4.78 is 38.7. The first kappa shape index (κ1) is 18.1. The molecule has 0 amide bonds. The Morgan fingerprint density at radius 2 is 1.60 bits per heavy atom. The highest BCUT2D eigenvalue weighted by molar-refractivity contribution is 8.12. The first-order valence-corrected chi connectivity index (χ1v) is 9.92. The maximum absolute atomic E-state index is 11.3. The zero-order valence-corrected chi connectivity index (χ0v) is 15.6. The molecular weight excluding hydrogens is 362 g/mol. The quantitative estimate of drug-likeness (QED) is 0.735. The number of fused-ring (bicyclic) bond motifs is 1. The van der Waals surface area contributed by atoms with Crippen LogP contribution in [0.5, 0.6) is 0 Å². The topological polar surface area (TPSA) is 81.7 Å². The first-order chi connectivity index (χ1) is 11.8. The van der Waals surface area contributed by atoms with Gasteiger partial charge in [-0.25, -0.2) is 0 Å². The van der Waals surface area contributed by atoms with Crippen LogP contribution in [-0.2, 0) is 3.74 Å². The summed E-state index contributed by atoms with van der Waals surface area (Å²) in [6.07, 6.45) is 1.89. The van der Waals surface area contributed by atoms with E-state index in [1.165, 1.54) is 0 Å². The van der Waals surface area contributed by atoms with Crippen molar-refractivity contribution in [3.05, 3.63) is 65.7 Å². The Kier molecular flexibility index (Phi) is 5.02. The molecule has 3 rings (SSSR count). The van der Waals surface area contributed by atoms with Gasteiger partial charge in [-0.1, -0.05) is 30.3 Å². The molecule has 1 atom stereocenters. The third-order valence-electron chi connectivity index (χ3n) is 3.87. The lowest BCUT2D eigenvalue weighted by molar-refractivity contribution is -1.91. The van der Waals surface area contributed by atoms with E-state index in [2.05, 4.69) is 0 Å². The fourth-order valence-electron chi connectivity index (χ4n) is 2.66. The molecule has 0 radical (unpaired) electrons. The summed E-state index contributed by atoms with van der Waals surface area (Å²) >= 11 is 0. The SMILES string of the molecule is CC1=CC(c2ccc(N(C)C)cc2)=S(O[Cl+3]([O-])([O-])[O-])c2ccccc21. The normalized spacial score (nSPS) is 17.1. The lowest BCUT2D eigenvalue weighted by atomic mass is 10.0. The van der Waals surface area contributed by atoms with Crippen molar-refractivity contribution in [2.45, 2.75) is 11.8 Å². The van der Waals surface area contributed by atoms with Gasteiger partial charge in [-0.05, 0) is 47.9 Å². The third-order valence-corrected chi connectivity index (χ3v) is 6.50. The lowest BCUT2D eigenvalue weighted by Crippen LogP contribution is -2.60. The van der Waals surface area contributed by atoms with Gasteiger partial charge in [0.1, 0.15) is 14.5 Å². The van der Waals surface area contributed by atoms with Crippen molar-refractivity contribution in [1.29, 1.82) is 0 Å². The second kappa shape index (κ2) is 6.92. The molecule has 0 spiro atoms. The molecule has 0 aromatic heterocycles. The van der Waals surface area contributed by atoms with E-state index < -0.39 is 21.0 Å². The molecule has 5 nitrogen and oxygen atoms in total. The molecular formula is C18H18ClNO4S. The molecule has 0 bridgehead atoms. The predicted molar refractivity (Wildman–Crippen MR) is 91.9 cm³/mol. The van der Waals surface area contributed by atoms with Crippen molar-refractivity contribution in [3.63, 3.8) is 0 Å². The van der Waals surface area contributed by atoms with Crippen molar-refractivity contribution >= 4 is 26.9 Å². The summed E-state index contributed by atoms with van der Waals surface area (Å²) in [6.45, 7) is 1.96. The molecule has 1 heterocycles. The van der Waals surface area contributed by atoms with Crippen LogP contribution in [0.3, 0.4) is 0 Å². The number of allylic oxidation sites excluding steroid dienone is 2. The van der Waals surface area contributed by atoms with E-state index in [0.717, 1.165) is 22.4 Å². The maximum atomic E-state index is 11.3. The zero-order valence-electron chi connectivity index (χ0n) is 14.1. The van der Waals surface area contributed by atoms with Crippen molar-refractivity contribution < 1.29 is 28.0 Å². The number of benzene rings is 2. The van der Waals surface area contributed by atoms with Crippen LogP contribution in [-0.4, -0.2) is 19.0 Å². The van der Waals surface area contributed by atoms with Gasteiger partial charge in [0.2, 0.25) is 0 Å². The molecule has 1 aliphatic rings. The smallest absolute Gasteiger partial charge is 0.148 e. The average Bonchev–Trinajstić information content (AvgIpc) is 2.56. The fourth-order valence-corrected chi connectivity index (χ4v) is 5.32. The van der Waals surface area contributed by atoms with E-state index in [9.17, 15) is 14.0 Å². The van der Waals surface area contributed by atoms with Crippen LogP contribution in [0.25, 0.3) is 5.57 Å². The van der Waals surface area contributed by atoms with Gasteiger partial charge >= 0.3 is 0 Å². The largest absolute Gasteiger partial charge is 0.378 e. The first-order valence-electron chi connectivity index (χ1n) is 7.54. The minimum Gasteiger partial charge on any atom is -0.378 e. The number of hydrogen-bond donors (Lipinski definition) is 0. The highest BCUT2D eigenvalue weighted by Gasteiger charge is 2.31. The summed E-state index contributed by atoms with van der Waals surface area (Å²) in [6, 6.07) is 15.1. The van der Waals surface area contributed by atoms with Crippen LogP contribution in [0.2, 0.25) is 0 Å². The van der Waals surface area contributed by atoms with Gasteiger partial charge in [-0.2, -0.15) is 14.0 Å². The Bertz CT molecular complexity index is 854. The Balaban J connectivity index is 2.18. The van der Waals surface area contributed by atoms with Crippen LogP contribution in [0.1, 0.15) is 18.1 Å². The molecule has 25 heavy (non-hydrogen) atoms. The average molecular weight is 380 g/mol. The predicted octanol–water partition coefficient (Wildman–Crippen LogP) is 0.847. The molecule has 0 saturated carbocycles.